The predicted octanol–water partition coefficient (Wildman–Crippen LogP) is 1.98. The molecule has 7 heteroatoms. The topological polar surface area (TPSA) is 75.2 Å². The largest absolute Gasteiger partial charge is 0.351 e. The number of piperidine rings is 1. The van der Waals surface area contributed by atoms with Crippen molar-refractivity contribution in [3.8, 4) is 11.3 Å². The first-order chi connectivity index (χ1) is 11.0. The van der Waals surface area contributed by atoms with Crippen LogP contribution in [0, 0.1) is 0 Å². The Morgan fingerprint density at radius 3 is 2.48 bits per heavy atom. The number of rotatable bonds is 4. The maximum atomic E-state index is 11.5. The van der Waals surface area contributed by atoms with E-state index in [0.29, 0.717) is 19.0 Å². The summed E-state index contributed by atoms with van der Waals surface area (Å²) in [6.07, 6.45) is 4.51. The minimum absolute atomic E-state index is 0.194. The molecule has 0 bridgehead atoms. The Bertz CT molecular complexity index is 757. The summed E-state index contributed by atoms with van der Waals surface area (Å²) in [5.74, 6) is 0.587. The first kappa shape index (κ1) is 15.9. The van der Waals surface area contributed by atoms with Gasteiger partial charge in [0.15, 0.2) is 0 Å². The van der Waals surface area contributed by atoms with Crippen LogP contribution in [0.5, 0.6) is 0 Å². The Morgan fingerprint density at radius 1 is 1.13 bits per heavy atom. The minimum Gasteiger partial charge on any atom is -0.351 e. The molecular weight excluding hydrogens is 312 g/mol. The summed E-state index contributed by atoms with van der Waals surface area (Å²) in [4.78, 5) is 8.82. The summed E-state index contributed by atoms with van der Waals surface area (Å²) in [7, 11) is -3.09. The van der Waals surface area contributed by atoms with Crippen LogP contribution < -0.4 is 5.32 Å². The average Bonchev–Trinajstić information content (AvgIpc) is 2.56. The lowest BCUT2D eigenvalue weighted by molar-refractivity contribution is 0.331. The van der Waals surface area contributed by atoms with Crippen molar-refractivity contribution in [3.05, 3.63) is 42.6 Å². The highest BCUT2D eigenvalue weighted by Gasteiger charge is 2.25. The summed E-state index contributed by atoms with van der Waals surface area (Å²) < 4.78 is 24.6. The van der Waals surface area contributed by atoms with Crippen LogP contribution in [0.3, 0.4) is 0 Å². The molecule has 1 aliphatic heterocycles. The zero-order valence-electron chi connectivity index (χ0n) is 13.0. The Labute approximate surface area is 136 Å². The summed E-state index contributed by atoms with van der Waals surface area (Å²) in [6, 6.07) is 12.0. The second kappa shape index (κ2) is 6.64. The van der Waals surface area contributed by atoms with Gasteiger partial charge in [0.2, 0.25) is 16.0 Å². The molecular formula is C16H20N4O2S. The summed E-state index contributed by atoms with van der Waals surface area (Å²) >= 11 is 0. The SMILES string of the molecule is CS(=O)(=O)N1CCC(Nc2nccc(-c3ccccc3)n2)CC1. The molecule has 2 heterocycles. The highest BCUT2D eigenvalue weighted by molar-refractivity contribution is 7.88. The van der Waals surface area contributed by atoms with E-state index < -0.39 is 10.0 Å². The molecule has 1 aliphatic rings. The van der Waals surface area contributed by atoms with Gasteiger partial charge in [0, 0.05) is 30.9 Å². The van der Waals surface area contributed by atoms with Crippen molar-refractivity contribution in [2.45, 2.75) is 18.9 Å². The van der Waals surface area contributed by atoms with Gasteiger partial charge in [0.05, 0.1) is 11.9 Å². The van der Waals surface area contributed by atoms with Crippen molar-refractivity contribution in [2.24, 2.45) is 0 Å². The van der Waals surface area contributed by atoms with Crippen molar-refractivity contribution in [1.82, 2.24) is 14.3 Å². The molecule has 0 amide bonds. The molecule has 1 N–H and O–H groups in total. The highest BCUT2D eigenvalue weighted by atomic mass is 32.2. The third-order valence-corrected chi connectivity index (χ3v) is 5.28. The lowest BCUT2D eigenvalue weighted by Gasteiger charge is -2.30. The minimum atomic E-state index is -3.09. The smallest absolute Gasteiger partial charge is 0.223 e. The van der Waals surface area contributed by atoms with E-state index in [1.807, 2.05) is 36.4 Å². The lowest BCUT2D eigenvalue weighted by Crippen LogP contribution is -2.42. The third kappa shape index (κ3) is 4.05. The van der Waals surface area contributed by atoms with Gasteiger partial charge in [0.1, 0.15) is 0 Å². The Hall–Kier alpha value is -1.99. The van der Waals surface area contributed by atoms with E-state index in [1.165, 1.54) is 10.6 Å². The second-order valence-electron chi connectivity index (χ2n) is 5.71. The number of hydrogen-bond donors (Lipinski definition) is 1. The maximum Gasteiger partial charge on any atom is 0.223 e. The van der Waals surface area contributed by atoms with Crippen molar-refractivity contribution in [1.29, 1.82) is 0 Å². The first-order valence-corrected chi connectivity index (χ1v) is 9.47. The molecule has 0 unspecified atom stereocenters. The van der Waals surface area contributed by atoms with Gasteiger partial charge in [-0.3, -0.25) is 0 Å². The second-order valence-corrected chi connectivity index (χ2v) is 7.69. The fourth-order valence-electron chi connectivity index (χ4n) is 2.71. The summed E-state index contributed by atoms with van der Waals surface area (Å²) in [5, 5.41) is 3.32. The van der Waals surface area contributed by atoms with Gasteiger partial charge in [-0.25, -0.2) is 22.7 Å². The molecule has 23 heavy (non-hydrogen) atoms. The Kier molecular flexibility index (Phi) is 4.58. The van der Waals surface area contributed by atoms with E-state index in [1.54, 1.807) is 6.20 Å². The van der Waals surface area contributed by atoms with E-state index in [2.05, 4.69) is 15.3 Å². The molecule has 0 radical (unpaired) electrons. The van der Waals surface area contributed by atoms with E-state index in [-0.39, 0.29) is 6.04 Å². The molecule has 0 atom stereocenters. The molecule has 0 saturated carbocycles. The summed E-state index contributed by atoms with van der Waals surface area (Å²) in [5.41, 5.74) is 1.92. The van der Waals surface area contributed by atoms with Crippen LogP contribution >= 0.6 is 0 Å². The number of hydrogen-bond acceptors (Lipinski definition) is 5. The fourth-order valence-corrected chi connectivity index (χ4v) is 3.59. The van der Waals surface area contributed by atoms with Crippen molar-refractivity contribution < 1.29 is 8.42 Å². The van der Waals surface area contributed by atoms with E-state index in [9.17, 15) is 8.42 Å². The molecule has 0 spiro atoms. The normalized spacial score (nSPS) is 17.1. The molecule has 1 saturated heterocycles. The first-order valence-electron chi connectivity index (χ1n) is 7.62. The maximum absolute atomic E-state index is 11.5. The monoisotopic (exact) mass is 332 g/mol. The number of sulfonamides is 1. The van der Waals surface area contributed by atoms with Crippen molar-refractivity contribution >= 4 is 16.0 Å². The molecule has 122 valence electrons. The molecule has 0 aliphatic carbocycles. The molecule has 1 fully saturated rings. The number of benzene rings is 1. The fraction of sp³-hybridized carbons (Fsp3) is 0.375. The van der Waals surface area contributed by atoms with Crippen LogP contribution in [0.25, 0.3) is 11.3 Å². The van der Waals surface area contributed by atoms with Gasteiger partial charge in [-0.05, 0) is 18.9 Å². The van der Waals surface area contributed by atoms with Crippen LogP contribution in [0.1, 0.15) is 12.8 Å². The van der Waals surface area contributed by atoms with Gasteiger partial charge in [-0.15, -0.1) is 0 Å². The molecule has 3 rings (SSSR count). The lowest BCUT2D eigenvalue weighted by atomic mass is 10.1. The predicted molar refractivity (Wildman–Crippen MR) is 90.5 cm³/mol. The summed E-state index contributed by atoms with van der Waals surface area (Å²) in [6.45, 7) is 1.07. The van der Waals surface area contributed by atoms with Crippen LogP contribution in [-0.2, 0) is 10.0 Å². The van der Waals surface area contributed by atoms with Crippen LogP contribution in [0.2, 0.25) is 0 Å². The zero-order valence-corrected chi connectivity index (χ0v) is 13.8. The third-order valence-electron chi connectivity index (χ3n) is 3.98. The van der Waals surface area contributed by atoms with E-state index >= 15 is 0 Å². The molecule has 1 aromatic heterocycles. The van der Waals surface area contributed by atoms with Gasteiger partial charge < -0.3 is 5.32 Å². The van der Waals surface area contributed by atoms with Gasteiger partial charge >= 0.3 is 0 Å². The van der Waals surface area contributed by atoms with Crippen molar-refractivity contribution in [3.63, 3.8) is 0 Å². The van der Waals surface area contributed by atoms with Crippen LogP contribution in [0.4, 0.5) is 5.95 Å². The molecule has 6 nitrogen and oxygen atoms in total. The van der Waals surface area contributed by atoms with Gasteiger partial charge in [-0.2, -0.15) is 0 Å². The number of aromatic nitrogens is 2. The zero-order chi connectivity index (χ0) is 16.3. The molecule has 2 aromatic rings. The average molecular weight is 332 g/mol. The number of nitrogens with one attached hydrogen (secondary N) is 1. The highest BCUT2D eigenvalue weighted by Crippen LogP contribution is 2.19. The Balaban J connectivity index is 1.66. The van der Waals surface area contributed by atoms with E-state index in [4.69, 9.17) is 0 Å². The quantitative estimate of drug-likeness (QED) is 0.926. The molecule has 1 aromatic carbocycles. The van der Waals surface area contributed by atoms with E-state index in [0.717, 1.165) is 24.1 Å². The van der Waals surface area contributed by atoms with Gasteiger partial charge in [0.25, 0.3) is 0 Å². The number of anilines is 1. The standard InChI is InChI=1S/C16H20N4O2S/c1-23(21,22)20-11-8-14(9-12-20)18-16-17-10-7-15(19-16)13-5-3-2-4-6-13/h2-7,10,14H,8-9,11-12H2,1H3,(H,17,18,19). The number of nitrogens with zero attached hydrogens (tertiary/aromatic N) is 3. The van der Waals surface area contributed by atoms with Gasteiger partial charge in [-0.1, -0.05) is 30.3 Å². The van der Waals surface area contributed by atoms with Crippen LogP contribution in [-0.4, -0.2) is 48.1 Å². The Morgan fingerprint density at radius 2 is 1.83 bits per heavy atom. The van der Waals surface area contributed by atoms with Crippen LogP contribution in [0.15, 0.2) is 42.6 Å². The van der Waals surface area contributed by atoms with Crippen molar-refractivity contribution in [2.75, 3.05) is 24.7 Å².